The van der Waals surface area contributed by atoms with E-state index >= 15 is 0 Å². The van der Waals surface area contributed by atoms with Crippen LogP contribution in [0.2, 0.25) is 0 Å². The molecule has 98 valence electrons. The Balaban J connectivity index is 2.24. The number of halogens is 1. The minimum Gasteiger partial charge on any atom is -0.347 e. The lowest BCUT2D eigenvalue weighted by Gasteiger charge is -2.21. The molecule has 1 fully saturated rings. The molecule has 1 aliphatic rings. The molecule has 18 heavy (non-hydrogen) atoms. The van der Waals surface area contributed by atoms with Crippen molar-refractivity contribution in [3.8, 4) is 0 Å². The molecule has 0 N–H and O–H groups in total. The van der Waals surface area contributed by atoms with Crippen LogP contribution in [-0.2, 0) is 11.2 Å². The third-order valence-corrected chi connectivity index (χ3v) is 3.45. The maximum absolute atomic E-state index is 11.9. The van der Waals surface area contributed by atoms with Crippen LogP contribution in [0, 0.1) is 0 Å². The number of hydrogen-bond donors (Lipinski definition) is 0. The molecule has 0 saturated carbocycles. The third kappa shape index (κ3) is 2.98. The fourth-order valence-electron chi connectivity index (χ4n) is 1.95. The van der Waals surface area contributed by atoms with Crippen LogP contribution in [0.1, 0.15) is 19.2 Å². The van der Waals surface area contributed by atoms with Crippen LogP contribution in [-0.4, -0.2) is 47.5 Å². The smallest absolute Gasteiger partial charge is 0.241 e. The third-order valence-electron chi connectivity index (χ3n) is 3.04. The molecule has 0 unspecified atom stereocenters. The summed E-state index contributed by atoms with van der Waals surface area (Å²) in [4.78, 5) is 24.4. The van der Waals surface area contributed by atoms with E-state index < -0.39 is 0 Å². The van der Waals surface area contributed by atoms with E-state index in [2.05, 4.69) is 25.9 Å². The average molecular weight is 313 g/mol. The van der Waals surface area contributed by atoms with E-state index in [1.165, 1.54) is 0 Å². The lowest BCUT2D eigenvalue weighted by atomic mass is 10.3. The summed E-state index contributed by atoms with van der Waals surface area (Å²) in [5.74, 6) is 1.77. The van der Waals surface area contributed by atoms with Gasteiger partial charge in [0.15, 0.2) is 0 Å². The number of aryl methyl sites for hydroxylation is 1. The van der Waals surface area contributed by atoms with Crippen molar-refractivity contribution in [2.75, 3.05) is 31.6 Å². The van der Waals surface area contributed by atoms with E-state index in [1.54, 1.807) is 4.90 Å². The van der Waals surface area contributed by atoms with Crippen LogP contribution in [0.5, 0.6) is 0 Å². The molecule has 1 aromatic heterocycles. The van der Waals surface area contributed by atoms with Crippen molar-refractivity contribution >= 4 is 27.7 Å². The highest BCUT2D eigenvalue weighted by molar-refractivity contribution is 9.10. The van der Waals surface area contributed by atoms with Crippen molar-refractivity contribution in [1.82, 2.24) is 14.9 Å². The van der Waals surface area contributed by atoms with Gasteiger partial charge in [0.2, 0.25) is 5.91 Å². The van der Waals surface area contributed by atoms with Crippen molar-refractivity contribution in [2.45, 2.75) is 19.8 Å². The molecule has 1 saturated heterocycles. The maximum atomic E-state index is 11.9. The Hall–Kier alpha value is -1.17. The molecule has 5 nitrogen and oxygen atoms in total. The Kier molecular flexibility index (Phi) is 4.16. The first-order valence-electron chi connectivity index (χ1n) is 6.12. The number of hydrogen-bond acceptors (Lipinski definition) is 4. The van der Waals surface area contributed by atoms with Crippen LogP contribution in [0.4, 0.5) is 5.82 Å². The van der Waals surface area contributed by atoms with E-state index in [0.717, 1.165) is 42.2 Å². The molecule has 0 radical (unpaired) electrons. The molecule has 1 amide bonds. The Morgan fingerprint density at radius 2 is 2.17 bits per heavy atom. The summed E-state index contributed by atoms with van der Waals surface area (Å²) in [6, 6.07) is 1.87. The van der Waals surface area contributed by atoms with Gasteiger partial charge < -0.3 is 9.80 Å². The topological polar surface area (TPSA) is 49.3 Å². The summed E-state index contributed by atoms with van der Waals surface area (Å²) < 4.78 is 0.773. The first-order valence-corrected chi connectivity index (χ1v) is 6.92. The van der Waals surface area contributed by atoms with Gasteiger partial charge in [-0.3, -0.25) is 4.79 Å². The number of anilines is 1. The zero-order valence-corrected chi connectivity index (χ0v) is 12.3. The summed E-state index contributed by atoms with van der Waals surface area (Å²) in [7, 11) is 1.85. The number of aromatic nitrogens is 2. The minimum atomic E-state index is 0.139. The number of carbonyl (C=O) groups excluding carboxylic acids is 1. The Labute approximate surface area is 115 Å². The maximum Gasteiger partial charge on any atom is 0.241 e. The normalized spacial score (nSPS) is 16.9. The van der Waals surface area contributed by atoms with Crippen molar-refractivity contribution in [3.63, 3.8) is 0 Å². The number of likely N-dealkylation sites (N-methyl/N-ethyl adjacent to an activating group) is 1. The molecule has 0 atom stereocenters. The highest BCUT2D eigenvalue weighted by Gasteiger charge is 2.20. The molecule has 0 aromatic carbocycles. The van der Waals surface area contributed by atoms with Gasteiger partial charge in [0.1, 0.15) is 16.2 Å². The Morgan fingerprint density at radius 3 is 2.89 bits per heavy atom. The fourth-order valence-corrected chi connectivity index (χ4v) is 2.36. The molecule has 0 bridgehead atoms. The standard InChI is InChI=1S/C12H17BrN4O/c1-3-10-14-9(13)7-11(15-10)17-6-4-5-16(2)12(18)8-17/h7H,3-6,8H2,1-2H3. The van der Waals surface area contributed by atoms with Gasteiger partial charge in [-0.05, 0) is 22.4 Å². The van der Waals surface area contributed by atoms with E-state index in [9.17, 15) is 4.79 Å². The van der Waals surface area contributed by atoms with Gasteiger partial charge in [-0.15, -0.1) is 0 Å². The second-order valence-electron chi connectivity index (χ2n) is 4.41. The van der Waals surface area contributed by atoms with Gasteiger partial charge in [-0.25, -0.2) is 9.97 Å². The van der Waals surface area contributed by atoms with E-state index in [1.807, 2.05) is 24.9 Å². The van der Waals surface area contributed by atoms with Gasteiger partial charge >= 0.3 is 0 Å². The van der Waals surface area contributed by atoms with Crippen molar-refractivity contribution in [2.24, 2.45) is 0 Å². The predicted molar refractivity (Wildman–Crippen MR) is 73.6 cm³/mol. The van der Waals surface area contributed by atoms with Crippen LogP contribution in [0.15, 0.2) is 10.7 Å². The molecule has 2 rings (SSSR count). The second-order valence-corrected chi connectivity index (χ2v) is 5.22. The zero-order valence-electron chi connectivity index (χ0n) is 10.7. The molecule has 2 heterocycles. The summed E-state index contributed by atoms with van der Waals surface area (Å²) in [5.41, 5.74) is 0. The molecule has 1 aliphatic heterocycles. The largest absolute Gasteiger partial charge is 0.347 e. The average Bonchev–Trinajstić information content (AvgIpc) is 2.51. The van der Waals surface area contributed by atoms with Gasteiger partial charge in [0.05, 0.1) is 6.54 Å². The van der Waals surface area contributed by atoms with Crippen LogP contribution < -0.4 is 4.90 Å². The predicted octanol–water partition coefficient (Wildman–Crippen LogP) is 1.47. The van der Waals surface area contributed by atoms with Crippen LogP contribution in [0.25, 0.3) is 0 Å². The molecular formula is C12H17BrN4O. The second kappa shape index (κ2) is 5.65. The first-order chi connectivity index (χ1) is 8.60. The quantitative estimate of drug-likeness (QED) is 0.776. The summed E-state index contributed by atoms with van der Waals surface area (Å²) in [6.45, 7) is 4.07. The van der Waals surface area contributed by atoms with E-state index in [0.29, 0.717) is 6.54 Å². The Bertz CT molecular complexity index is 452. The summed E-state index contributed by atoms with van der Waals surface area (Å²) >= 11 is 3.39. The van der Waals surface area contributed by atoms with E-state index in [-0.39, 0.29) is 5.91 Å². The summed E-state index contributed by atoms with van der Waals surface area (Å²) in [5, 5.41) is 0. The van der Waals surface area contributed by atoms with Crippen LogP contribution >= 0.6 is 15.9 Å². The Morgan fingerprint density at radius 1 is 1.39 bits per heavy atom. The van der Waals surface area contributed by atoms with Crippen LogP contribution in [0.3, 0.4) is 0 Å². The van der Waals surface area contributed by atoms with Gasteiger partial charge in [0.25, 0.3) is 0 Å². The number of nitrogens with zero attached hydrogens (tertiary/aromatic N) is 4. The highest BCUT2D eigenvalue weighted by Crippen LogP contribution is 2.18. The lowest BCUT2D eigenvalue weighted by molar-refractivity contribution is -0.127. The van der Waals surface area contributed by atoms with Gasteiger partial charge in [-0.2, -0.15) is 0 Å². The molecular weight excluding hydrogens is 296 g/mol. The van der Waals surface area contributed by atoms with E-state index in [4.69, 9.17) is 0 Å². The minimum absolute atomic E-state index is 0.139. The molecule has 0 spiro atoms. The highest BCUT2D eigenvalue weighted by atomic mass is 79.9. The van der Waals surface area contributed by atoms with Crippen molar-refractivity contribution in [1.29, 1.82) is 0 Å². The van der Waals surface area contributed by atoms with Crippen molar-refractivity contribution in [3.05, 3.63) is 16.5 Å². The zero-order chi connectivity index (χ0) is 13.1. The summed E-state index contributed by atoms with van der Waals surface area (Å²) in [6.07, 6.45) is 1.75. The monoisotopic (exact) mass is 312 g/mol. The first kappa shape index (κ1) is 13.3. The van der Waals surface area contributed by atoms with Gasteiger partial charge in [-0.1, -0.05) is 6.92 Å². The van der Waals surface area contributed by atoms with Gasteiger partial charge in [0, 0.05) is 32.6 Å². The number of carbonyl (C=O) groups is 1. The number of rotatable bonds is 2. The number of amides is 1. The SMILES string of the molecule is CCc1nc(Br)cc(N2CCCN(C)C(=O)C2)n1. The molecule has 6 heteroatoms. The lowest BCUT2D eigenvalue weighted by Crippen LogP contribution is -2.34. The fraction of sp³-hybridized carbons (Fsp3) is 0.583. The van der Waals surface area contributed by atoms with Crippen molar-refractivity contribution < 1.29 is 4.79 Å². The molecule has 0 aliphatic carbocycles. The molecule has 1 aromatic rings.